The van der Waals surface area contributed by atoms with E-state index in [0.29, 0.717) is 26.8 Å². The number of hydrogen-bond acceptors (Lipinski definition) is 5. The van der Waals surface area contributed by atoms with E-state index >= 15 is 0 Å². The average Bonchev–Trinajstić information content (AvgIpc) is 2.51. The summed E-state index contributed by atoms with van der Waals surface area (Å²) in [6.45, 7) is 0. The molecule has 0 aliphatic heterocycles. The molecule has 0 saturated carbocycles. The zero-order chi connectivity index (χ0) is 21.6. The normalized spacial score (nSPS) is 14.0. The second kappa shape index (κ2) is 7.07. The number of alkyl halides is 5. The Balaban J connectivity index is 4.04. The molecular weight excluding hydrogens is 423 g/mol. The third-order valence-corrected chi connectivity index (χ3v) is 7.27. The number of rotatable bonds is 6. The van der Waals surface area contributed by atoms with Crippen LogP contribution in [0.15, 0.2) is 28.0 Å². The van der Waals surface area contributed by atoms with E-state index in [9.17, 15) is 43.6 Å². The molecule has 154 valence electrons. The average molecular weight is 438 g/mol. The van der Waals surface area contributed by atoms with Gasteiger partial charge >= 0.3 is 12.1 Å². The van der Waals surface area contributed by atoms with Gasteiger partial charge in [0.25, 0.3) is 0 Å². The number of ketones is 1. The molecule has 0 heterocycles. The van der Waals surface area contributed by atoms with E-state index in [1.165, 1.54) is 0 Å². The number of sulfonamides is 2. The number of carbonyl (C=O) groups is 1. The van der Waals surface area contributed by atoms with E-state index in [2.05, 4.69) is 0 Å². The highest BCUT2D eigenvalue weighted by atomic mass is 32.2. The fraction of sp³-hybridized carbons (Fsp3) is 0.462. The predicted octanol–water partition coefficient (Wildman–Crippen LogP) is 1.57. The van der Waals surface area contributed by atoms with Crippen molar-refractivity contribution in [1.29, 1.82) is 0 Å². The van der Waals surface area contributed by atoms with E-state index < -0.39 is 53.3 Å². The molecule has 14 heteroatoms. The van der Waals surface area contributed by atoms with Gasteiger partial charge in [0, 0.05) is 33.8 Å². The Morgan fingerprint density at radius 3 is 1.67 bits per heavy atom. The van der Waals surface area contributed by atoms with Crippen LogP contribution in [-0.4, -0.2) is 71.5 Å². The number of hydrogen-bond donors (Lipinski definition) is 0. The third-order valence-electron chi connectivity index (χ3n) is 3.36. The summed E-state index contributed by atoms with van der Waals surface area (Å²) >= 11 is 0. The minimum atomic E-state index is -6.31. The van der Waals surface area contributed by atoms with Gasteiger partial charge in [-0.2, -0.15) is 22.0 Å². The van der Waals surface area contributed by atoms with Crippen molar-refractivity contribution in [1.82, 2.24) is 8.61 Å². The van der Waals surface area contributed by atoms with Gasteiger partial charge in [-0.05, 0) is 12.1 Å². The largest absolute Gasteiger partial charge is 0.461 e. The lowest BCUT2D eigenvalue weighted by Crippen LogP contribution is -2.45. The molecule has 0 unspecified atom stereocenters. The lowest BCUT2D eigenvalue weighted by Gasteiger charge is -2.23. The van der Waals surface area contributed by atoms with Crippen molar-refractivity contribution in [2.24, 2.45) is 0 Å². The molecule has 0 bridgehead atoms. The van der Waals surface area contributed by atoms with Crippen molar-refractivity contribution in [3.05, 3.63) is 23.8 Å². The molecule has 7 nitrogen and oxygen atoms in total. The molecule has 0 atom stereocenters. The van der Waals surface area contributed by atoms with Gasteiger partial charge in [-0.3, -0.25) is 4.79 Å². The van der Waals surface area contributed by atoms with Crippen molar-refractivity contribution >= 4 is 25.8 Å². The van der Waals surface area contributed by atoms with Crippen LogP contribution in [-0.2, 0) is 20.0 Å². The summed E-state index contributed by atoms with van der Waals surface area (Å²) in [4.78, 5) is 9.32. The molecule has 0 radical (unpaired) electrons. The van der Waals surface area contributed by atoms with Crippen LogP contribution in [0.2, 0.25) is 0 Å². The van der Waals surface area contributed by atoms with Gasteiger partial charge in [0.15, 0.2) is 0 Å². The zero-order valence-corrected chi connectivity index (χ0v) is 16.0. The smallest absolute Gasteiger partial charge is 0.287 e. The van der Waals surface area contributed by atoms with Crippen molar-refractivity contribution in [2.45, 2.75) is 21.9 Å². The van der Waals surface area contributed by atoms with Crippen LogP contribution in [0.1, 0.15) is 10.4 Å². The molecule has 27 heavy (non-hydrogen) atoms. The first-order chi connectivity index (χ1) is 11.9. The maximum atomic E-state index is 13.5. The Morgan fingerprint density at radius 2 is 1.30 bits per heavy atom. The summed E-state index contributed by atoms with van der Waals surface area (Å²) in [6.07, 6.45) is -6.31. The van der Waals surface area contributed by atoms with Crippen LogP contribution >= 0.6 is 0 Å². The first kappa shape index (κ1) is 23.4. The fourth-order valence-corrected chi connectivity index (χ4v) is 4.59. The molecule has 0 fully saturated rings. The van der Waals surface area contributed by atoms with Crippen molar-refractivity contribution in [2.75, 3.05) is 28.2 Å². The first-order valence-electron chi connectivity index (χ1n) is 6.87. The molecule has 0 amide bonds. The minimum absolute atomic E-state index is 0.388. The number of benzene rings is 1. The molecule has 1 aromatic rings. The fourth-order valence-electron chi connectivity index (χ4n) is 1.84. The molecule has 0 spiro atoms. The van der Waals surface area contributed by atoms with Gasteiger partial charge in [0.05, 0.1) is 0 Å². The second-order valence-corrected chi connectivity index (χ2v) is 9.82. The van der Waals surface area contributed by atoms with E-state index in [4.69, 9.17) is 0 Å². The molecule has 0 aliphatic carbocycles. The van der Waals surface area contributed by atoms with E-state index in [1.54, 1.807) is 0 Å². The Hall–Kier alpha value is -1.64. The summed E-state index contributed by atoms with van der Waals surface area (Å²) in [5.41, 5.74) is -1.59. The highest BCUT2D eigenvalue weighted by Crippen LogP contribution is 2.40. The van der Waals surface area contributed by atoms with E-state index in [0.717, 1.165) is 28.2 Å². The maximum absolute atomic E-state index is 13.5. The number of Topliss-reactive ketones (excluding diaryl/α,β-unsaturated/α-hetero) is 1. The predicted molar refractivity (Wildman–Crippen MR) is 83.5 cm³/mol. The zero-order valence-electron chi connectivity index (χ0n) is 14.4. The van der Waals surface area contributed by atoms with Gasteiger partial charge in [-0.25, -0.2) is 25.4 Å². The van der Waals surface area contributed by atoms with Gasteiger partial charge in [0.2, 0.25) is 25.8 Å². The molecule has 0 saturated heterocycles. The van der Waals surface area contributed by atoms with Crippen molar-refractivity contribution in [3.63, 3.8) is 0 Å². The standard InChI is InChI=1S/C13H15F5N2O5S2/c1-19(2)26(22,23)9-7-5-6-8(10(9)27(24,25)20(3)4)11(21)12(14,15)13(16,17)18/h5-7H,1-4H3. The lowest BCUT2D eigenvalue weighted by atomic mass is 10.1. The topological polar surface area (TPSA) is 91.8 Å². The summed E-state index contributed by atoms with van der Waals surface area (Å²) in [6, 6.07) is 1.78. The van der Waals surface area contributed by atoms with E-state index in [1.807, 2.05) is 0 Å². The molecule has 0 aliphatic rings. The van der Waals surface area contributed by atoms with Crippen molar-refractivity contribution < 1.29 is 43.6 Å². The minimum Gasteiger partial charge on any atom is -0.287 e. The Labute approximate surface area is 152 Å². The van der Waals surface area contributed by atoms with Crippen LogP contribution in [0.4, 0.5) is 22.0 Å². The summed E-state index contributed by atoms with van der Waals surface area (Å²) in [7, 11) is -5.75. The van der Waals surface area contributed by atoms with Crippen LogP contribution in [0.25, 0.3) is 0 Å². The first-order valence-corrected chi connectivity index (χ1v) is 9.75. The Morgan fingerprint density at radius 1 is 0.852 bits per heavy atom. The molecule has 0 N–H and O–H groups in total. The quantitative estimate of drug-likeness (QED) is 0.497. The third kappa shape index (κ3) is 3.97. The van der Waals surface area contributed by atoms with Gasteiger partial charge < -0.3 is 0 Å². The summed E-state index contributed by atoms with van der Waals surface area (Å²) in [5.74, 6) is -8.81. The highest BCUT2D eigenvalue weighted by Gasteiger charge is 2.64. The van der Waals surface area contributed by atoms with E-state index in [-0.39, 0.29) is 0 Å². The molecule has 1 aromatic carbocycles. The summed E-state index contributed by atoms with van der Waals surface area (Å²) < 4.78 is 115. The molecule has 0 aromatic heterocycles. The van der Waals surface area contributed by atoms with Crippen LogP contribution in [0.5, 0.6) is 0 Å². The lowest BCUT2D eigenvalue weighted by molar-refractivity contribution is -0.255. The van der Waals surface area contributed by atoms with Crippen LogP contribution in [0.3, 0.4) is 0 Å². The summed E-state index contributed by atoms with van der Waals surface area (Å²) in [5, 5.41) is 0. The van der Waals surface area contributed by atoms with Crippen LogP contribution < -0.4 is 0 Å². The highest BCUT2D eigenvalue weighted by molar-refractivity contribution is 7.92. The maximum Gasteiger partial charge on any atom is 0.461 e. The van der Waals surface area contributed by atoms with Crippen LogP contribution in [0, 0.1) is 0 Å². The van der Waals surface area contributed by atoms with Crippen molar-refractivity contribution in [3.8, 4) is 0 Å². The monoisotopic (exact) mass is 438 g/mol. The van der Waals surface area contributed by atoms with Gasteiger partial charge in [-0.15, -0.1) is 0 Å². The SMILES string of the molecule is CN(C)S(=O)(=O)c1cccc(C(=O)C(F)(F)C(F)(F)F)c1S(=O)(=O)N(C)C. The molecular formula is C13H15F5N2O5S2. The van der Waals surface area contributed by atoms with Gasteiger partial charge in [-0.1, -0.05) is 6.07 Å². The number of carbonyl (C=O) groups excluding carboxylic acids is 1. The molecule has 1 rings (SSSR count). The Kier molecular flexibility index (Phi) is 6.13. The Bertz CT molecular complexity index is 954. The second-order valence-electron chi connectivity index (χ2n) is 5.61. The number of halogens is 5. The van der Waals surface area contributed by atoms with Gasteiger partial charge in [0.1, 0.15) is 9.79 Å². The number of nitrogens with zero attached hydrogens (tertiary/aromatic N) is 2.